The van der Waals surface area contributed by atoms with Crippen molar-refractivity contribution in [1.82, 2.24) is 25.3 Å². The van der Waals surface area contributed by atoms with E-state index >= 15 is 0 Å². The fourth-order valence-electron chi connectivity index (χ4n) is 2.51. The number of aromatic nitrogens is 5. The van der Waals surface area contributed by atoms with Crippen LogP contribution in [0.1, 0.15) is 32.1 Å². The minimum Gasteiger partial charge on any atom is -0.480 e. The number of carbonyl (C=O) groups is 1. The van der Waals surface area contributed by atoms with Crippen LogP contribution in [0.4, 0.5) is 5.82 Å². The van der Waals surface area contributed by atoms with E-state index in [-0.39, 0.29) is 0 Å². The van der Waals surface area contributed by atoms with Gasteiger partial charge in [0.2, 0.25) is 0 Å². The molecule has 1 aliphatic rings. The molecule has 0 aromatic carbocycles. The number of nitrogens with one attached hydrogen (secondary N) is 1. The van der Waals surface area contributed by atoms with Gasteiger partial charge in [-0.1, -0.05) is 19.3 Å². The zero-order valence-corrected chi connectivity index (χ0v) is 10.3. The molecule has 0 unspecified atom stereocenters. The minimum atomic E-state index is -0.924. The second-order valence-corrected chi connectivity index (χ2v) is 4.82. The maximum atomic E-state index is 11.6. The first kappa shape index (κ1) is 11.8. The van der Waals surface area contributed by atoms with Gasteiger partial charge in [0.05, 0.1) is 0 Å². The van der Waals surface area contributed by atoms with Gasteiger partial charge in [0, 0.05) is 0 Å². The molecule has 100 valence electrons. The van der Waals surface area contributed by atoms with Crippen LogP contribution >= 0.6 is 0 Å². The van der Waals surface area contributed by atoms with E-state index in [1.165, 1.54) is 4.63 Å². The number of anilines is 1. The van der Waals surface area contributed by atoms with E-state index in [2.05, 4.69) is 25.9 Å². The van der Waals surface area contributed by atoms with Gasteiger partial charge < -0.3 is 10.4 Å². The van der Waals surface area contributed by atoms with Crippen molar-refractivity contribution in [2.75, 3.05) is 5.32 Å². The summed E-state index contributed by atoms with van der Waals surface area (Å²) in [5, 5.41) is 27.6. The summed E-state index contributed by atoms with van der Waals surface area (Å²) in [6.45, 7) is 0. The standard InChI is InChI=1S/C11H14N6O2/c18-10(19)11(6-2-1-3-7-11)12-8-4-5-9-13-15-16-17(9)14-8/h4-5H,1-3,6-7H2,(H,12,14)(H,18,19). The lowest BCUT2D eigenvalue weighted by atomic mass is 9.81. The highest BCUT2D eigenvalue weighted by molar-refractivity contribution is 5.82. The quantitative estimate of drug-likeness (QED) is 0.839. The number of hydrogen-bond acceptors (Lipinski definition) is 6. The Morgan fingerprint density at radius 2 is 2.11 bits per heavy atom. The molecule has 2 aromatic heterocycles. The molecule has 2 heterocycles. The van der Waals surface area contributed by atoms with Crippen molar-refractivity contribution < 1.29 is 9.90 Å². The number of carboxylic acids is 1. The number of carboxylic acid groups (broad SMARTS) is 1. The normalized spacial score (nSPS) is 18.3. The molecule has 2 N–H and O–H groups in total. The first-order valence-corrected chi connectivity index (χ1v) is 6.27. The number of rotatable bonds is 3. The summed E-state index contributed by atoms with van der Waals surface area (Å²) in [6, 6.07) is 3.40. The zero-order chi connectivity index (χ0) is 13.3. The van der Waals surface area contributed by atoms with E-state index in [1.807, 2.05) is 0 Å². The van der Waals surface area contributed by atoms with E-state index in [4.69, 9.17) is 0 Å². The van der Waals surface area contributed by atoms with Crippen LogP contribution in [0, 0.1) is 0 Å². The van der Waals surface area contributed by atoms with Gasteiger partial charge in [-0.25, -0.2) is 4.79 Å². The molecule has 1 aliphatic carbocycles. The van der Waals surface area contributed by atoms with Gasteiger partial charge in [-0.3, -0.25) is 0 Å². The summed E-state index contributed by atoms with van der Waals surface area (Å²) < 4.78 is 1.28. The van der Waals surface area contributed by atoms with E-state index in [0.29, 0.717) is 24.3 Å². The number of aliphatic carboxylic acids is 1. The van der Waals surface area contributed by atoms with Crippen molar-refractivity contribution in [3.05, 3.63) is 12.1 Å². The Bertz CT molecular complexity index is 604. The summed E-state index contributed by atoms with van der Waals surface area (Å²) >= 11 is 0. The Morgan fingerprint density at radius 3 is 2.84 bits per heavy atom. The molecule has 19 heavy (non-hydrogen) atoms. The fraction of sp³-hybridized carbons (Fsp3) is 0.545. The molecule has 0 amide bonds. The van der Waals surface area contributed by atoms with Crippen LogP contribution < -0.4 is 5.32 Å². The Labute approximate surface area is 108 Å². The molecule has 0 saturated heterocycles. The van der Waals surface area contributed by atoms with Gasteiger partial charge >= 0.3 is 5.97 Å². The van der Waals surface area contributed by atoms with Crippen LogP contribution in [0.5, 0.6) is 0 Å². The fourth-order valence-corrected chi connectivity index (χ4v) is 2.51. The lowest BCUT2D eigenvalue weighted by Crippen LogP contribution is -2.48. The maximum Gasteiger partial charge on any atom is 0.329 e. The number of hydrogen-bond donors (Lipinski definition) is 2. The lowest BCUT2D eigenvalue weighted by molar-refractivity contribution is -0.143. The molecule has 0 aliphatic heterocycles. The van der Waals surface area contributed by atoms with Crippen LogP contribution in [-0.2, 0) is 4.79 Å². The van der Waals surface area contributed by atoms with Gasteiger partial charge in [-0.05, 0) is 35.4 Å². The Balaban J connectivity index is 1.90. The molecular weight excluding hydrogens is 248 g/mol. The first-order valence-electron chi connectivity index (χ1n) is 6.27. The highest BCUT2D eigenvalue weighted by atomic mass is 16.4. The third kappa shape index (κ3) is 2.09. The van der Waals surface area contributed by atoms with Crippen LogP contribution in [0.25, 0.3) is 5.65 Å². The summed E-state index contributed by atoms with van der Waals surface area (Å²) in [4.78, 5) is 11.6. The molecule has 2 aromatic rings. The van der Waals surface area contributed by atoms with Gasteiger partial charge in [0.25, 0.3) is 0 Å². The Morgan fingerprint density at radius 1 is 1.32 bits per heavy atom. The van der Waals surface area contributed by atoms with Gasteiger partial charge in [0.15, 0.2) is 5.65 Å². The third-order valence-electron chi connectivity index (χ3n) is 3.55. The predicted octanol–water partition coefficient (Wildman–Crippen LogP) is 0.719. The van der Waals surface area contributed by atoms with Crippen LogP contribution in [0.15, 0.2) is 12.1 Å². The highest BCUT2D eigenvalue weighted by Crippen LogP contribution is 2.31. The maximum absolute atomic E-state index is 11.6. The Kier molecular flexibility index (Phi) is 2.77. The second-order valence-electron chi connectivity index (χ2n) is 4.82. The largest absolute Gasteiger partial charge is 0.480 e. The van der Waals surface area contributed by atoms with Crippen LogP contribution in [0.2, 0.25) is 0 Å². The van der Waals surface area contributed by atoms with Gasteiger partial charge in [-0.2, -0.15) is 0 Å². The molecule has 8 heteroatoms. The molecule has 8 nitrogen and oxygen atoms in total. The average molecular weight is 262 g/mol. The average Bonchev–Trinajstić information content (AvgIpc) is 2.87. The molecule has 0 atom stereocenters. The van der Waals surface area contributed by atoms with Crippen molar-refractivity contribution in [3.63, 3.8) is 0 Å². The lowest BCUT2D eigenvalue weighted by Gasteiger charge is -2.34. The van der Waals surface area contributed by atoms with Crippen LogP contribution in [-0.4, -0.2) is 41.9 Å². The van der Waals surface area contributed by atoms with Crippen molar-refractivity contribution >= 4 is 17.4 Å². The van der Waals surface area contributed by atoms with E-state index in [1.54, 1.807) is 12.1 Å². The second kappa shape index (κ2) is 4.45. The minimum absolute atomic E-state index is 0.476. The predicted molar refractivity (Wildman–Crippen MR) is 65.7 cm³/mol. The smallest absolute Gasteiger partial charge is 0.329 e. The summed E-state index contributed by atoms with van der Waals surface area (Å²) in [7, 11) is 0. The van der Waals surface area contributed by atoms with E-state index in [0.717, 1.165) is 19.3 Å². The zero-order valence-electron chi connectivity index (χ0n) is 10.3. The van der Waals surface area contributed by atoms with E-state index in [9.17, 15) is 9.90 Å². The summed E-state index contributed by atoms with van der Waals surface area (Å²) in [5.74, 6) is -0.352. The summed E-state index contributed by atoms with van der Waals surface area (Å²) in [6.07, 6.45) is 4.12. The van der Waals surface area contributed by atoms with Gasteiger partial charge in [-0.15, -0.1) is 14.8 Å². The summed E-state index contributed by atoms with van der Waals surface area (Å²) in [5.41, 5.74) is -0.397. The molecule has 3 rings (SSSR count). The van der Waals surface area contributed by atoms with Crippen molar-refractivity contribution in [2.24, 2.45) is 0 Å². The molecule has 0 bridgehead atoms. The number of nitrogens with zero attached hydrogens (tertiary/aromatic N) is 5. The Hall–Kier alpha value is -2.25. The third-order valence-corrected chi connectivity index (χ3v) is 3.55. The van der Waals surface area contributed by atoms with Crippen molar-refractivity contribution in [3.8, 4) is 0 Å². The topological polar surface area (TPSA) is 105 Å². The first-order chi connectivity index (χ1) is 9.20. The van der Waals surface area contributed by atoms with Gasteiger partial charge in [0.1, 0.15) is 11.4 Å². The highest BCUT2D eigenvalue weighted by Gasteiger charge is 2.39. The van der Waals surface area contributed by atoms with Crippen molar-refractivity contribution in [1.29, 1.82) is 0 Å². The number of fused-ring (bicyclic) bond motifs is 1. The number of tetrazole rings is 1. The molecule has 1 saturated carbocycles. The molecular formula is C11H14N6O2. The van der Waals surface area contributed by atoms with Crippen molar-refractivity contribution in [2.45, 2.75) is 37.6 Å². The molecule has 1 fully saturated rings. The molecule has 0 radical (unpaired) electrons. The monoisotopic (exact) mass is 262 g/mol. The SMILES string of the molecule is O=C(O)C1(Nc2ccc3nnnn3n2)CCCCC1. The van der Waals surface area contributed by atoms with Crippen LogP contribution in [0.3, 0.4) is 0 Å². The van der Waals surface area contributed by atoms with E-state index < -0.39 is 11.5 Å². The molecule has 0 spiro atoms.